The fraction of sp³-hybridized carbons (Fsp3) is 0.250. The van der Waals surface area contributed by atoms with Gasteiger partial charge in [0.15, 0.2) is 0 Å². The molecule has 0 fully saturated rings. The summed E-state index contributed by atoms with van der Waals surface area (Å²) >= 11 is 0. The molecule has 2 heteroatoms. The standard InChI is InChI=1S/C12H14N2/c1-10-8-11(2)14(9-13-10)12-6-4-3-5-7-12/h3-10H,1-2H3. The second-order valence-electron chi connectivity index (χ2n) is 3.52. The maximum Gasteiger partial charge on any atom is 0.0944 e. The van der Waals surface area contributed by atoms with Crippen molar-refractivity contribution in [1.82, 2.24) is 0 Å². The lowest BCUT2D eigenvalue weighted by Gasteiger charge is -2.24. The number of benzene rings is 1. The van der Waals surface area contributed by atoms with Gasteiger partial charge >= 0.3 is 0 Å². The molecule has 14 heavy (non-hydrogen) atoms. The average Bonchev–Trinajstić information content (AvgIpc) is 2.19. The Morgan fingerprint density at radius 3 is 2.57 bits per heavy atom. The van der Waals surface area contributed by atoms with E-state index in [1.54, 1.807) is 0 Å². The molecule has 0 radical (unpaired) electrons. The van der Waals surface area contributed by atoms with Crippen molar-refractivity contribution in [3.63, 3.8) is 0 Å². The van der Waals surface area contributed by atoms with E-state index in [4.69, 9.17) is 0 Å². The van der Waals surface area contributed by atoms with Crippen LogP contribution in [0.3, 0.4) is 0 Å². The first-order valence-corrected chi connectivity index (χ1v) is 4.83. The topological polar surface area (TPSA) is 15.6 Å². The van der Waals surface area contributed by atoms with E-state index in [9.17, 15) is 0 Å². The zero-order chi connectivity index (χ0) is 9.97. The third-order valence-electron chi connectivity index (χ3n) is 2.31. The second kappa shape index (κ2) is 3.66. The minimum Gasteiger partial charge on any atom is -0.306 e. The lowest BCUT2D eigenvalue weighted by molar-refractivity contribution is 0.888. The molecule has 1 atom stereocenters. The quantitative estimate of drug-likeness (QED) is 0.658. The van der Waals surface area contributed by atoms with Crippen LogP contribution in [0.4, 0.5) is 5.69 Å². The molecule has 0 saturated heterocycles. The van der Waals surface area contributed by atoms with Crippen molar-refractivity contribution in [2.24, 2.45) is 4.99 Å². The van der Waals surface area contributed by atoms with Crippen LogP contribution in [0.2, 0.25) is 0 Å². The fourth-order valence-electron chi connectivity index (χ4n) is 1.59. The second-order valence-corrected chi connectivity index (χ2v) is 3.52. The van der Waals surface area contributed by atoms with Gasteiger partial charge < -0.3 is 4.90 Å². The van der Waals surface area contributed by atoms with Crippen LogP contribution in [-0.2, 0) is 0 Å². The highest BCUT2D eigenvalue weighted by Crippen LogP contribution is 2.19. The summed E-state index contributed by atoms with van der Waals surface area (Å²) in [6.45, 7) is 4.19. The van der Waals surface area contributed by atoms with Crippen molar-refractivity contribution in [3.8, 4) is 0 Å². The first-order chi connectivity index (χ1) is 6.77. The summed E-state index contributed by atoms with van der Waals surface area (Å²) in [7, 11) is 0. The molecule has 1 aromatic carbocycles. The zero-order valence-corrected chi connectivity index (χ0v) is 8.51. The van der Waals surface area contributed by atoms with Gasteiger partial charge in [-0.25, -0.2) is 0 Å². The van der Waals surface area contributed by atoms with E-state index < -0.39 is 0 Å². The van der Waals surface area contributed by atoms with Gasteiger partial charge in [-0.3, -0.25) is 4.99 Å². The van der Waals surface area contributed by atoms with Crippen molar-refractivity contribution in [1.29, 1.82) is 0 Å². The van der Waals surface area contributed by atoms with Crippen LogP contribution < -0.4 is 4.90 Å². The number of hydrogen-bond acceptors (Lipinski definition) is 2. The Labute approximate surface area is 84.6 Å². The highest BCUT2D eigenvalue weighted by Gasteiger charge is 2.10. The lowest BCUT2D eigenvalue weighted by atomic mass is 10.2. The molecule has 0 spiro atoms. The molecule has 2 rings (SSSR count). The molecule has 1 aliphatic rings. The Bertz CT molecular complexity index is 365. The average molecular weight is 186 g/mol. The smallest absolute Gasteiger partial charge is 0.0944 e. The van der Waals surface area contributed by atoms with E-state index in [0.717, 1.165) is 5.69 Å². The predicted molar refractivity (Wildman–Crippen MR) is 60.6 cm³/mol. The minimum absolute atomic E-state index is 0.301. The van der Waals surface area contributed by atoms with Crippen molar-refractivity contribution >= 4 is 12.0 Å². The first-order valence-electron chi connectivity index (χ1n) is 4.83. The van der Waals surface area contributed by atoms with Gasteiger partial charge in [0.1, 0.15) is 0 Å². The van der Waals surface area contributed by atoms with Crippen molar-refractivity contribution in [2.75, 3.05) is 4.90 Å². The van der Waals surface area contributed by atoms with Crippen LogP contribution in [0.5, 0.6) is 0 Å². The molecule has 1 unspecified atom stereocenters. The molecule has 1 aromatic rings. The van der Waals surface area contributed by atoms with Gasteiger partial charge in [-0.15, -0.1) is 0 Å². The van der Waals surface area contributed by atoms with Crippen molar-refractivity contribution in [2.45, 2.75) is 19.9 Å². The Kier molecular flexibility index (Phi) is 2.35. The van der Waals surface area contributed by atoms with Gasteiger partial charge in [0.05, 0.1) is 12.4 Å². The molecule has 0 saturated carbocycles. The third-order valence-corrected chi connectivity index (χ3v) is 2.31. The summed E-state index contributed by atoms with van der Waals surface area (Å²) in [5.74, 6) is 0. The van der Waals surface area contributed by atoms with Crippen LogP contribution in [-0.4, -0.2) is 12.4 Å². The van der Waals surface area contributed by atoms with E-state index in [1.165, 1.54) is 5.70 Å². The fourth-order valence-corrected chi connectivity index (χ4v) is 1.59. The maximum atomic E-state index is 4.36. The summed E-state index contributed by atoms with van der Waals surface area (Å²) in [5, 5.41) is 0. The van der Waals surface area contributed by atoms with Crippen LogP contribution in [0.25, 0.3) is 0 Å². The normalized spacial score (nSPS) is 20.9. The molecule has 0 aliphatic carbocycles. The van der Waals surface area contributed by atoms with E-state index in [-0.39, 0.29) is 0 Å². The molecule has 0 amide bonds. The number of aliphatic imine (C=N–C) groups is 1. The first kappa shape index (κ1) is 9.00. The lowest BCUT2D eigenvalue weighted by Crippen LogP contribution is -2.24. The SMILES string of the molecule is CC1=CC(C)N=CN1c1ccccc1. The Morgan fingerprint density at radius 2 is 1.93 bits per heavy atom. The summed E-state index contributed by atoms with van der Waals surface area (Å²) in [6, 6.07) is 10.6. The molecular formula is C12H14N2. The van der Waals surface area contributed by atoms with Gasteiger partial charge in [-0.05, 0) is 32.1 Å². The third kappa shape index (κ3) is 1.69. The van der Waals surface area contributed by atoms with E-state index in [2.05, 4.69) is 41.9 Å². The number of nitrogens with zero attached hydrogens (tertiary/aromatic N) is 2. The number of anilines is 1. The number of hydrogen-bond donors (Lipinski definition) is 0. The summed E-state index contributed by atoms with van der Waals surface area (Å²) in [4.78, 5) is 6.46. The molecule has 72 valence electrons. The van der Waals surface area contributed by atoms with E-state index in [1.807, 2.05) is 24.5 Å². The van der Waals surface area contributed by atoms with E-state index in [0.29, 0.717) is 6.04 Å². The number of rotatable bonds is 1. The molecular weight excluding hydrogens is 172 g/mol. The highest BCUT2D eigenvalue weighted by molar-refractivity contribution is 5.84. The van der Waals surface area contributed by atoms with Crippen LogP contribution in [0.15, 0.2) is 47.1 Å². The Morgan fingerprint density at radius 1 is 1.21 bits per heavy atom. The van der Waals surface area contributed by atoms with Gasteiger partial charge in [0.2, 0.25) is 0 Å². The molecule has 1 aliphatic heterocycles. The van der Waals surface area contributed by atoms with Crippen LogP contribution >= 0.6 is 0 Å². The van der Waals surface area contributed by atoms with Gasteiger partial charge in [-0.2, -0.15) is 0 Å². The summed E-state index contributed by atoms with van der Waals surface area (Å²) < 4.78 is 0. The monoisotopic (exact) mass is 186 g/mol. The zero-order valence-electron chi connectivity index (χ0n) is 8.51. The predicted octanol–water partition coefficient (Wildman–Crippen LogP) is 2.83. The van der Waals surface area contributed by atoms with Gasteiger partial charge in [0, 0.05) is 11.4 Å². The van der Waals surface area contributed by atoms with Crippen molar-refractivity contribution in [3.05, 3.63) is 42.1 Å². The largest absolute Gasteiger partial charge is 0.306 e. The minimum atomic E-state index is 0.301. The highest BCUT2D eigenvalue weighted by atomic mass is 15.2. The molecule has 0 aromatic heterocycles. The Balaban J connectivity index is 2.29. The molecule has 0 bridgehead atoms. The van der Waals surface area contributed by atoms with Crippen LogP contribution in [0, 0.1) is 0 Å². The molecule has 1 heterocycles. The summed E-state index contributed by atoms with van der Waals surface area (Å²) in [5.41, 5.74) is 2.40. The maximum absolute atomic E-state index is 4.36. The summed E-state index contributed by atoms with van der Waals surface area (Å²) in [6.07, 6.45) is 4.06. The van der Waals surface area contributed by atoms with Gasteiger partial charge in [0.25, 0.3) is 0 Å². The van der Waals surface area contributed by atoms with Gasteiger partial charge in [-0.1, -0.05) is 18.2 Å². The van der Waals surface area contributed by atoms with Crippen molar-refractivity contribution < 1.29 is 0 Å². The van der Waals surface area contributed by atoms with Crippen LogP contribution in [0.1, 0.15) is 13.8 Å². The molecule has 0 N–H and O–H groups in total. The number of allylic oxidation sites excluding steroid dienone is 1. The Hall–Kier alpha value is -1.57. The molecule has 2 nitrogen and oxygen atoms in total. The van der Waals surface area contributed by atoms with E-state index >= 15 is 0 Å². The number of para-hydroxylation sites is 1.